The Kier molecular flexibility index (Phi) is 4.27. The van der Waals surface area contributed by atoms with E-state index in [-0.39, 0.29) is 0 Å². The molecule has 21 heavy (non-hydrogen) atoms. The van der Waals surface area contributed by atoms with Crippen LogP contribution in [0.5, 0.6) is 5.75 Å². The summed E-state index contributed by atoms with van der Waals surface area (Å²) < 4.78 is 5.37. The molecule has 0 spiro atoms. The van der Waals surface area contributed by atoms with Gasteiger partial charge in [-0.25, -0.2) is 0 Å². The molecule has 3 N–H and O–H groups in total. The van der Waals surface area contributed by atoms with Gasteiger partial charge in [-0.1, -0.05) is 6.07 Å². The number of aryl methyl sites for hydroxylation is 1. The highest BCUT2D eigenvalue weighted by Crippen LogP contribution is 2.35. The molecule has 0 radical (unpaired) electrons. The molecule has 2 aromatic heterocycles. The lowest BCUT2D eigenvalue weighted by molar-refractivity contribution is 0.415. The highest BCUT2D eigenvalue weighted by Gasteiger charge is 2.14. The van der Waals surface area contributed by atoms with Gasteiger partial charge in [0.25, 0.3) is 0 Å². The van der Waals surface area contributed by atoms with E-state index < -0.39 is 0 Å². The van der Waals surface area contributed by atoms with E-state index in [9.17, 15) is 0 Å². The van der Waals surface area contributed by atoms with Crippen molar-refractivity contribution >= 4 is 22.2 Å². The first-order chi connectivity index (χ1) is 10.3. The maximum atomic E-state index is 5.63. The van der Waals surface area contributed by atoms with Gasteiger partial charge in [0.05, 0.1) is 17.7 Å². The minimum Gasteiger partial charge on any atom is -0.497 e. The van der Waals surface area contributed by atoms with Gasteiger partial charge < -0.3 is 15.5 Å². The number of hydrogen-bond acceptors (Lipinski definition) is 3. The van der Waals surface area contributed by atoms with Crippen molar-refractivity contribution < 1.29 is 4.74 Å². The molecule has 0 amide bonds. The third-order valence-corrected chi connectivity index (χ3v) is 4.65. The molecule has 0 saturated heterocycles. The summed E-state index contributed by atoms with van der Waals surface area (Å²) >= 11 is 1.77. The van der Waals surface area contributed by atoms with Crippen LogP contribution in [0.2, 0.25) is 0 Å². The lowest BCUT2D eigenvalue weighted by Gasteiger charge is -2.04. The van der Waals surface area contributed by atoms with E-state index in [2.05, 4.69) is 34.6 Å². The average Bonchev–Trinajstić information content (AvgIpc) is 3.14. The third kappa shape index (κ3) is 2.82. The standard InChI is InChI=1S/C17H20N2OS/c1-20-12-7-8-15-14(11-12)13(5-2-3-9-18)17(19-15)16-6-4-10-21-16/h4,6-8,10-11,19H,2-3,5,9,18H2,1H3. The molecule has 0 fully saturated rings. The number of ether oxygens (including phenoxy) is 1. The highest BCUT2D eigenvalue weighted by atomic mass is 32.1. The molecule has 0 atom stereocenters. The number of hydrogen-bond donors (Lipinski definition) is 2. The molecule has 4 heteroatoms. The van der Waals surface area contributed by atoms with Crippen LogP contribution in [0, 0.1) is 0 Å². The molecule has 0 unspecified atom stereocenters. The number of H-pyrrole nitrogens is 1. The predicted molar refractivity (Wildman–Crippen MR) is 90.2 cm³/mol. The number of nitrogens with two attached hydrogens (primary N) is 1. The van der Waals surface area contributed by atoms with Crippen LogP contribution >= 0.6 is 11.3 Å². The van der Waals surface area contributed by atoms with Crippen molar-refractivity contribution in [2.24, 2.45) is 5.73 Å². The summed E-state index contributed by atoms with van der Waals surface area (Å²) in [6, 6.07) is 10.5. The second-order valence-corrected chi connectivity index (χ2v) is 6.06. The van der Waals surface area contributed by atoms with Crippen molar-refractivity contribution in [2.45, 2.75) is 19.3 Å². The smallest absolute Gasteiger partial charge is 0.119 e. The first-order valence-corrected chi connectivity index (χ1v) is 8.14. The number of benzene rings is 1. The normalized spacial score (nSPS) is 11.1. The monoisotopic (exact) mass is 300 g/mol. The Morgan fingerprint density at radius 1 is 1.24 bits per heavy atom. The van der Waals surface area contributed by atoms with Gasteiger partial charge in [-0.15, -0.1) is 11.3 Å². The fourth-order valence-corrected chi connectivity index (χ4v) is 3.44. The SMILES string of the molecule is COc1ccc2[nH]c(-c3cccs3)c(CCCCN)c2c1. The number of fused-ring (bicyclic) bond motifs is 1. The maximum absolute atomic E-state index is 5.63. The van der Waals surface area contributed by atoms with Gasteiger partial charge in [-0.3, -0.25) is 0 Å². The van der Waals surface area contributed by atoms with Crippen molar-refractivity contribution in [3.05, 3.63) is 41.3 Å². The Labute approximate surface area is 128 Å². The van der Waals surface area contributed by atoms with E-state index in [4.69, 9.17) is 10.5 Å². The van der Waals surface area contributed by atoms with Crippen LogP contribution in [0.3, 0.4) is 0 Å². The number of aromatic nitrogens is 1. The average molecular weight is 300 g/mol. The van der Waals surface area contributed by atoms with Crippen LogP contribution in [0.15, 0.2) is 35.7 Å². The van der Waals surface area contributed by atoms with E-state index in [1.807, 2.05) is 6.07 Å². The topological polar surface area (TPSA) is 51.0 Å². The first-order valence-electron chi connectivity index (χ1n) is 7.26. The number of nitrogens with one attached hydrogen (secondary N) is 1. The summed E-state index contributed by atoms with van der Waals surface area (Å²) in [4.78, 5) is 4.85. The van der Waals surface area contributed by atoms with Gasteiger partial charge in [-0.2, -0.15) is 0 Å². The van der Waals surface area contributed by atoms with Crippen molar-refractivity contribution in [3.63, 3.8) is 0 Å². The second-order valence-electron chi connectivity index (χ2n) is 5.11. The van der Waals surface area contributed by atoms with Crippen LogP contribution in [-0.4, -0.2) is 18.6 Å². The number of aromatic amines is 1. The summed E-state index contributed by atoms with van der Waals surface area (Å²) in [7, 11) is 1.71. The number of unbranched alkanes of at least 4 members (excludes halogenated alkanes) is 1. The van der Waals surface area contributed by atoms with Gasteiger partial charge in [0.2, 0.25) is 0 Å². The van der Waals surface area contributed by atoms with Gasteiger partial charge in [0, 0.05) is 10.9 Å². The van der Waals surface area contributed by atoms with Crippen LogP contribution in [0.4, 0.5) is 0 Å². The van der Waals surface area contributed by atoms with E-state index in [1.54, 1.807) is 18.4 Å². The molecule has 3 nitrogen and oxygen atoms in total. The fraction of sp³-hybridized carbons (Fsp3) is 0.294. The minimum atomic E-state index is 0.750. The molecular formula is C17H20N2OS. The molecular weight excluding hydrogens is 280 g/mol. The lowest BCUT2D eigenvalue weighted by atomic mass is 10.0. The third-order valence-electron chi connectivity index (χ3n) is 3.76. The zero-order valence-corrected chi connectivity index (χ0v) is 13.0. The Morgan fingerprint density at radius 3 is 2.86 bits per heavy atom. The van der Waals surface area contributed by atoms with Gasteiger partial charge >= 0.3 is 0 Å². The minimum absolute atomic E-state index is 0.750. The van der Waals surface area contributed by atoms with Crippen molar-refractivity contribution in [1.29, 1.82) is 0 Å². The van der Waals surface area contributed by atoms with Gasteiger partial charge in [0.15, 0.2) is 0 Å². The largest absolute Gasteiger partial charge is 0.497 e. The molecule has 0 saturated carbocycles. The van der Waals surface area contributed by atoms with E-state index in [0.29, 0.717) is 0 Å². The van der Waals surface area contributed by atoms with Crippen LogP contribution in [0.25, 0.3) is 21.5 Å². The van der Waals surface area contributed by atoms with Gasteiger partial charge in [0.1, 0.15) is 5.75 Å². The number of thiophene rings is 1. The van der Waals surface area contributed by atoms with Crippen LogP contribution in [-0.2, 0) is 6.42 Å². The van der Waals surface area contributed by atoms with Crippen LogP contribution in [0.1, 0.15) is 18.4 Å². The molecule has 0 aliphatic heterocycles. The van der Waals surface area contributed by atoms with E-state index >= 15 is 0 Å². The van der Waals surface area contributed by atoms with E-state index in [0.717, 1.165) is 31.6 Å². The molecule has 1 aromatic carbocycles. The summed E-state index contributed by atoms with van der Waals surface area (Å²) in [5.74, 6) is 0.902. The number of rotatable bonds is 6. The molecule has 0 aliphatic carbocycles. The summed E-state index contributed by atoms with van der Waals surface area (Å²) in [6.07, 6.45) is 3.21. The Hall–Kier alpha value is -1.78. The Bertz CT molecular complexity index is 716. The molecule has 3 rings (SSSR count). The molecule has 0 bridgehead atoms. The Balaban J connectivity index is 2.09. The highest BCUT2D eigenvalue weighted by molar-refractivity contribution is 7.13. The lowest BCUT2D eigenvalue weighted by Crippen LogP contribution is -1.99. The van der Waals surface area contributed by atoms with Gasteiger partial charge in [-0.05, 0) is 61.0 Å². The zero-order valence-electron chi connectivity index (χ0n) is 12.2. The zero-order chi connectivity index (χ0) is 14.7. The fourth-order valence-electron chi connectivity index (χ4n) is 2.69. The molecule has 110 valence electrons. The van der Waals surface area contributed by atoms with E-state index in [1.165, 1.54) is 27.0 Å². The molecule has 2 heterocycles. The maximum Gasteiger partial charge on any atom is 0.119 e. The number of methoxy groups -OCH3 is 1. The first kappa shape index (κ1) is 14.2. The quantitative estimate of drug-likeness (QED) is 0.671. The molecule has 0 aliphatic rings. The molecule has 3 aromatic rings. The Morgan fingerprint density at radius 2 is 2.14 bits per heavy atom. The van der Waals surface area contributed by atoms with Crippen LogP contribution < -0.4 is 10.5 Å². The van der Waals surface area contributed by atoms with Crippen molar-refractivity contribution in [1.82, 2.24) is 4.98 Å². The summed E-state index contributed by atoms with van der Waals surface area (Å²) in [5.41, 5.74) is 9.42. The summed E-state index contributed by atoms with van der Waals surface area (Å²) in [6.45, 7) is 0.750. The van der Waals surface area contributed by atoms with Crippen molar-refractivity contribution in [3.8, 4) is 16.3 Å². The second kappa shape index (κ2) is 6.33. The van der Waals surface area contributed by atoms with Crippen molar-refractivity contribution in [2.75, 3.05) is 13.7 Å². The predicted octanol–water partition coefficient (Wildman–Crippen LogP) is 4.19. The summed E-state index contributed by atoms with van der Waals surface area (Å²) in [5, 5.41) is 3.38.